The number of nitrogens with two attached hydrogens (primary N) is 1. The first-order chi connectivity index (χ1) is 12.7. The molecule has 146 valence electrons. The first kappa shape index (κ1) is 18.9. The number of alkyl halides is 1. The molecule has 0 unspecified atom stereocenters. The zero-order valence-corrected chi connectivity index (χ0v) is 15.6. The van der Waals surface area contributed by atoms with E-state index in [-0.39, 0.29) is 12.1 Å². The minimum absolute atomic E-state index is 0.0835. The number of anilines is 1. The number of halogens is 1. The molecular formula is C18H24FN5O3. The van der Waals surface area contributed by atoms with Gasteiger partial charge in [-0.2, -0.15) is 0 Å². The predicted molar refractivity (Wildman–Crippen MR) is 99.3 cm³/mol. The molecule has 1 aliphatic heterocycles. The van der Waals surface area contributed by atoms with E-state index < -0.39 is 29.8 Å². The molecule has 1 saturated heterocycles. The van der Waals surface area contributed by atoms with Crippen LogP contribution in [0, 0.1) is 0 Å². The topological polar surface area (TPSA) is 113 Å². The molecule has 0 radical (unpaired) electrons. The Morgan fingerprint density at radius 1 is 1.44 bits per heavy atom. The summed E-state index contributed by atoms with van der Waals surface area (Å²) < 4.78 is 20.1. The molecule has 2 aromatic heterocycles. The number of primary amides is 1. The van der Waals surface area contributed by atoms with Crippen LogP contribution in [0.2, 0.25) is 0 Å². The molecule has 9 heteroatoms. The van der Waals surface area contributed by atoms with Crippen molar-refractivity contribution in [2.75, 3.05) is 18.4 Å². The van der Waals surface area contributed by atoms with Crippen molar-refractivity contribution in [2.45, 2.75) is 45.0 Å². The van der Waals surface area contributed by atoms with Crippen molar-refractivity contribution in [3.05, 3.63) is 24.0 Å². The summed E-state index contributed by atoms with van der Waals surface area (Å²) >= 11 is 0. The van der Waals surface area contributed by atoms with Crippen LogP contribution in [0.15, 0.2) is 18.5 Å². The van der Waals surface area contributed by atoms with Crippen LogP contribution in [-0.2, 0) is 4.74 Å². The number of carbonyl (C=O) groups is 2. The summed E-state index contributed by atoms with van der Waals surface area (Å²) in [5.74, 6) is -0.644. The number of aromatic amines is 1. The predicted octanol–water partition coefficient (Wildman–Crippen LogP) is 2.42. The van der Waals surface area contributed by atoms with Gasteiger partial charge in [0.2, 0.25) is 0 Å². The Hall–Kier alpha value is -2.84. The quantitative estimate of drug-likeness (QED) is 0.760. The highest BCUT2D eigenvalue weighted by Gasteiger charge is 2.34. The van der Waals surface area contributed by atoms with Crippen LogP contribution in [-0.4, -0.2) is 57.8 Å². The highest BCUT2D eigenvalue weighted by Crippen LogP contribution is 2.28. The zero-order chi connectivity index (χ0) is 19.8. The summed E-state index contributed by atoms with van der Waals surface area (Å²) in [5.41, 5.74) is 6.03. The molecule has 2 atom stereocenters. The van der Waals surface area contributed by atoms with E-state index in [1.807, 2.05) is 0 Å². The van der Waals surface area contributed by atoms with E-state index in [1.165, 1.54) is 11.1 Å². The number of amides is 2. The van der Waals surface area contributed by atoms with Gasteiger partial charge in [0.15, 0.2) is 0 Å². The van der Waals surface area contributed by atoms with Crippen LogP contribution in [0.5, 0.6) is 0 Å². The van der Waals surface area contributed by atoms with Crippen LogP contribution in [0.3, 0.4) is 0 Å². The summed E-state index contributed by atoms with van der Waals surface area (Å²) in [7, 11) is 0. The lowest BCUT2D eigenvalue weighted by Crippen LogP contribution is -2.51. The van der Waals surface area contributed by atoms with Gasteiger partial charge in [-0.1, -0.05) is 0 Å². The van der Waals surface area contributed by atoms with Crippen LogP contribution >= 0.6 is 0 Å². The highest BCUT2D eigenvalue weighted by molar-refractivity contribution is 6.06. The summed E-state index contributed by atoms with van der Waals surface area (Å²) in [6, 6.07) is 1.18. The average molecular weight is 377 g/mol. The molecular weight excluding hydrogens is 353 g/mol. The molecule has 0 saturated carbocycles. The van der Waals surface area contributed by atoms with Crippen molar-refractivity contribution >= 4 is 28.7 Å². The summed E-state index contributed by atoms with van der Waals surface area (Å²) in [6.07, 6.45) is 1.57. The second-order valence-electron chi connectivity index (χ2n) is 7.63. The molecule has 4 N–H and O–H groups in total. The maximum absolute atomic E-state index is 14.8. The van der Waals surface area contributed by atoms with Gasteiger partial charge in [0.1, 0.15) is 17.4 Å². The van der Waals surface area contributed by atoms with Gasteiger partial charge >= 0.3 is 6.09 Å². The summed E-state index contributed by atoms with van der Waals surface area (Å²) in [6.45, 7) is 5.56. The number of nitrogens with one attached hydrogen (secondary N) is 2. The molecule has 0 spiro atoms. The fraction of sp³-hybridized carbons (Fsp3) is 0.500. The summed E-state index contributed by atoms with van der Waals surface area (Å²) in [4.78, 5) is 32.4. The second kappa shape index (κ2) is 7.05. The molecule has 2 aromatic rings. The largest absolute Gasteiger partial charge is 0.444 e. The number of likely N-dealkylation sites (tertiary alicyclic amines) is 1. The minimum atomic E-state index is -1.32. The number of carbonyl (C=O) groups excluding carboxylic acids is 2. The Bertz CT molecular complexity index is 860. The molecule has 3 rings (SSSR count). The number of H-pyrrole nitrogens is 1. The smallest absolute Gasteiger partial charge is 0.410 e. The van der Waals surface area contributed by atoms with Crippen molar-refractivity contribution in [2.24, 2.45) is 5.73 Å². The maximum atomic E-state index is 14.8. The van der Waals surface area contributed by atoms with Crippen LogP contribution in [0.4, 0.5) is 14.9 Å². The Kier molecular flexibility index (Phi) is 4.95. The normalized spacial score (nSPS) is 20.5. The zero-order valence-electron chi connectivity index (χ0n) is 15.6. The number of hydrogen-bond donors (Lipinski definition) is 3. The van der Waals surface area contributed by atoms with Crippen molar-refractivity contribution in [3.63, 3.8) is 0 Å². The molecule has 0 aromatic carbocycles. The van der Waals surface area contributed by atoms with E-state index in [2.05, 4.69) is 15.3 Å². The SMILES string of the molecule is CC(C)(C)OC(=O)N1CC[C@@H](Nc2c(C(N)=O)cnc3[nH]ccc23)[C@H](F)C1. The van der Waals surface area contributed by atoms with E-state index in [0.29, 0.717) is 29.7 Å². The molecule has 2 amide bonds. The van der Waals surface area contributed by atoms with Crippen LogP contribution in [0.1, 0.15) is 37.6 Å². The van der Waals surface area contributed by atoms with E-state index in [9.17, 15) is 14.0 Å². The van der Waals surface area contributed by atoms with Gasteiger partial charge < -0.3 is 25.7 Å². The lowest BCUT2D eigenvalue weighted by atomic mass is 10.0. The fourth-order valence-corrected chi connectivity index (χ4v) is 3.10. The van der Waals surface area contributed by atoms with E-state index in [4.69, 9.17) is 10.5 Å². The lowest BCUT2D eigenvalue weighted by molar-refractivity contribution is 0.0125. The third kappa shape index (κ3) is 4.12. The number of aromatic nitrogens is 2. The van der Waals surface area contributed by atoms with Gasteiger partial charge in [-0.25, -0.2) is 14.2 Å². The van der Waals surface area contributed by atoms with E-state index in [0.717, 1.165) is 0 Å². The number of rotatable bonds is 3. The van der Waals surface area contributed by atoms with Gasteiger partial charge in [-0.3, -0.25) is 4.79 Å². The Balaban J connectivity index is 1.76. The number of piperidine rings is 1. The van der Waals surface area contributed by atoms with Gasteiger partial charge in [0.05, 0.1) is 23.8 Å². The minimum Gasteiger partial charge on any atom is -0.444 e. The number of hydrogen-bond acceptors (Lipinski definition) is 5. The molecule has 8 nitrogen and oxygen atoms in total. The third-order valence-corrected chi connectivity index (χ3v) is 4.37. The van der Waals surface area contributed by atoms with Gasteiger partial charge in [0, 0.05) is 24.3 Å². The Labute approximate surface area is 156 Å². The Morgan fingerprint density at radius 3 is 2.81 bits per heavy atom. The highest BCUT2D eigenvalue weighted by atomic mass is 19.1. The van der Waals surface area contributed by atoms with Crippen molar-refractivity contribution in [1.29, 1.82) is 0 Å². The fourth-order valence-electron chi connectivity index (χ4n) is 3.10. The van der Waals surface area contributed by atoms with Gasteiger partial charge in [-0.15, -0.1) is 0 Å². The van der Waals surface area contributed by atoms with Gasteiger partial charge in [0.25, 0.3) is 5.91 Å². The molecule has 3 heterocycles. The standard InChI is InChI=1S/C18H24FN5O3/c1-18(2,3)27-17(26)24-7-5-13(12(19)9-24)23-14-10-4-6-21-16(10)22-8-11(14)15(20)25/h4,6,8,12-13H,5,7,9H2,1-3H3,(H2,20,25)(H2,21,22,23)/t12-,13-/m1/s1. The molecule has 0 bridgehead atoms. The van der Waals surface area contributed by atoms with E-state index in [1.54, 1.807) is 33.0 Å². The first-order valence-corrected chi connectivity index (χ1v) is 8.80. The maximum Gasteiger partial charge on any atom is 0.410 e. The van der Waals surface area contributed by atoms with Crippen LogP contribution in [0.25, 0.3) is 11.0 Å². The summed E-state index contributed by atoms with van der Waals surface area (Å²) in [5, 5.41) is 3.76. The lowest BCUT2D eigenvalue weighted by Gasteiger charge is -2.36. The number of ether oxygens (including phenoxy) is 1. The molecule has 0 aliphatic carbocycles. The Morgan fingerprint density at radius 2 is 2.19 bits per heavy atom. The van der Waals surface area contributed by atoms with Crippen molar-refractivity contribution in [3.8, 4) is 0 Å². The van der Waals surface area contributed by atoms with E-state index >= 15 is 0 Å². The van der Waals surface area contributed by atoms with Crippen molar-refractivity contribution < 1.29 is 18.7 Å². The van der Waals surface area contributed by atoms with Crippen LogP contribution < -0.4 is 11.1 Å². The van der Waals surface area contributed by atoms with Crippen molar-refractivity contribution in [1.82, 2.24) is 14.9 Å². The first-order valence-electron chi connectivity index (χ1n) is 8.80. The van der Waals surface area contributed by atoms with Gasteiger partial charge in [-0.05, 0) is 33.3 Å². The molecule has 27 heavy (non-hydrogen) atoms. The monoisotopic (exact) mass is 377 g/mol. The number of nitrogens with zero attached hydrogens (tertiary/aromatic N) is 2. The number of fused-ring (bicyclic) bond motifs is 1. The molecule has 1 aliphatic rings. The second-order valence-corrected chi connectivity index (χ2v) is 7.63. The third-order valence-electron chi connectivity index (χ3n) is 4.37. The average Bonchev–Trinajstić information content (AvgIpc) is 3.03. The number of pyridine rings is 1. The molecule has 1 fully saturated rings.